The summed E-state index contributed by atoms with van der Waals surface area (Å²) in [6.45, 7) is 11.5. The lowest BCUT2D eigenvalue weighted by Crippen LogP contribution is -2.44. The molecule has 2 unspecified atom stereocenters. The Morgan fingerprint density at radius 3 is 2.62 bits per heavy atom. The molecule has 1 saturated heterocycles. The van der Waals surface area contributed by atoms with Crippen molar-refractivity contribution in [1.29, 1.82) is 0 Å². The molecule has 26 heavy (non-hydrogen) atoms. The van der Waals surface area contributed by atoms with Crippen molar-refractivity contribution in [3.63, 3.8) is 0 Å². The highest BCUT2D eigenvalue weighted by Gasteiger charge is 2.35. The van der Waals surface area contributed by atoms with E-state index in [1.807, 2.05) is 20.8 Å². The molecule has 8 heteroatoms. The number of nitrogens with zero attached hydrogens (tertiary/aromatic N) is 3. The lowest BCUT2D eigenvalue weighted by atomic mass is 10.2. The first-order valence-electron chi connectivity index (χ1n) is 9.41. The zero-order valence-corrected chi connectivity index (χ0v) is 18.1. The van der Waals surface area contributed by atoms with Gasteiger partial charge in [0.25, 0.3) is 0 Å². The molecule has 0 radical (unpaired) electrons. The third kappa shape index (κ3) is 4.82. The molecule has 1 aromatic heterocycles. The molecule has 148 valence electrons. The Morgan fingerprint density at radius 2 is 2.08 bits per heavy atom. The highest BCUT2D eigenvalue weighted by molar-refractivity contribution is 8.00. The van der Waals surface area contributed by atoms with Crippen molar-refractivity contribution in [3.05, 3.63) is 11.4 Å². The number of carbonyl (C=O) groups is 1. The van der Waals surface area contributed by atoms with Gasteiger partial charge >= 0.3 is 0 Å². The fraction of sp³-hybridized carbons (Fsp3) is 0.778. The Balaban J connectivity index is 2.12. The summed E-state index contributed by atoms with van der Waals surface area (Å²) < 4.78 is 25.7. The number of thioether (sulfide) groups is 1. The van der Waals surface area contributed by atoms with E-state index in [0.717, 1.165) is 35.9 Å². The van der Waals surface area contributed by atoms with Gasteiger partial charge in [-0.15, -0.1) is 0 Å². The Labute approximate surface area is 161 Å². The monoisotopic (exact) mass is 401 g/mol. The quantitative estimate of drug-likeness (QED) is 0.626. The lowest BCUT2D eigenvalue weighted by molar-refractivity contribution is -0.131. The smallest absolute Gasteiger partial charge is 0.236 e. The van der Waals surface area contributed by atoms with E-state index in [0.29, 0.717) is 13.0 Å². The number of hydrogen-bond acceptors (Lipinski definition) is 5. The maximum absolute atomic E-state index is 13.0. The summed E-state index contributed by atoms with van der Waals surface area (Å²) in [5.74, 6) is 0.274. The molecule has 2 heterocycles. The first kappa shape index (κ1) is 21.3. The van der Waals surface area contributed by atoms with Gasteiger partial charge < -0.3 is 9.47 Å². The molecule has 0 N–H and O–H groups in total. The van der Waals surface area contributed by atoms with Crippen molar-refractivity contribution in [3.8, 4) is 0 Å². The summed E-state index contributed by atoms with van der Waals surface area (Å²) in [6, 6.07) is -0.191. The van der Waals surface area contributed by atoms with Gasteiger partial charge in [-0.3, -0.25) is 4.79 Å². The number of aromatic nitrogens is 2. The summed E-state index contributed by atoms with van der Waals surface area (Å²) in [6.07, 6.45) is 2.73. The Morgan fingerprint density at radius 1 is 1.38 bits per heavy atom. The van der Waals surface area contributed by atoms with Crippen LogP contribution in [0.25, 0.3) is 0 Å². The summed E-state index contributed by atoms with van der Waals surface area (Å²) >= 11 is 1.48. The van der Waals surface area contributed by atoms with Gasteiger partial charge in [0.15, 0.2) is 15.0 Å². The van der Waals surface area contributed by atoms with Crippen LogP contribution in [0.4, 0.5) is 0 Å². The molecule has 6 nitrogen and oxygen atoms in total. The van der Waals surface area contributed by atoms with E-state index < -0.39 is 9.84 Å². The van der Waals surface area contributed by atoms with Crippen LogP contribution in [0.3, 0.4) is 0 Å². The number of amides is 1. The van der Waals surface area contributed by atoms with E-state index in [9.17, 15) is 13.2 Å². The van der Waals surface area contributed by atoms with Gasteiger partial charge in [-0.2, -0.15) is 0 Å². The summed E-state index contributed by atoms with van der Waals surface area (Å²) in [7, 11) is -3.01. The number of carbonyl (C=O) groups excluding carboxylic acids is 1. The number of imidazole rings is 1. The first-order valence-corrected chi connectivity index (χ1v) is 12.1. The van der Waals surface area contributed by atoms with Crippen molar-refractivity contribution >= 4 is 27.5 Å². The van der Waals surface area contributed by atoms with E-state index in [1.165, 1.54) is 11.8 Å². The van der Waals surface area contributed by atoms with Crippen LogP contribution >= 0.6 is 11.8 Å². The molecule has 0 saturated carbocycles. The van der Waals surface area contributed by atoms with E-state index in [-0.39, 0.29) is 28.7 Å². The molecule has 0 spiro atoms. The van der Waals surface area contributed by atoms with Gasteiger partial charge in [-0.1, -0.05) is 25.1 Å². The van der Waals surface area contributed by atoms with Crippen molar-refractivity contribution in [2.24, 2.45) is 0 Å². The molecule has 1 fully saturated rings. The average molecular weight is 402 g/mol. The lowest BCUT2D eigenvalue weighted by Gasteiger charge is -2.29. The summed E-state index contributed by atoms with van der Waals surface area (Å²) in [4.78, 5) is 19.4. The molecule has 0 bridgehead atoms. The number of hydrogen-bond donors (Lipinski definition) is 0. The van der Waals surface area contributed by atoms with E-state index in [1.54, 1.807) is 4.90 Å². The minimum atomic E-state index is -3.01. The molecule has 1 aliphatic heterocycles. The molecular formula is C18H31N3O3S2. The Kier molecular flexibility index (Phi) is 7.19. The van der Waals surface area contributed by atoms with Crippen LogP contribution in [0.15, 0.2) is 5.16 Å². The van der Waals surface area contributed by atoms with E-state index in [4.69, 9.17) is 0 Å². The van der Waals surface area contributed by atoms with Crippen LogP contribution < -0.4 is 0 Å². The molecule has 0 aliphatic carbocycles. The number of aryl methyl sites for hydroxylation is 1. The molecule has 2 atom stereocenters. The molecule has 0 aromatic carbocycles. The molecule has 1 aromatic rings. The summed E-state index contributed by atoms with van der Waals surface area (Å²) in [5.41, 5.74) is 2.15. The molecular weight excluding hydrogens is 370 g/mol. The number of unbranched alkanes of at least 4 members (excludes halogenated alkanes) is 1. The van der Waals surface area contributed by atoms with Crippen LogP contribution in [0.5, 0.6) is 0 Å². The van der Waals surface area contributed by atoms with Crippen LogP contribution in [-0.4, -0.2) is 58.1 Å². The highest BCUT2D eigenvalue weighted by Crippen LogP contribution is 2.28. The highest BCUT2D eigenvalue weighted by atomic mass is 32.2. The predicted molar refractivity (Wildman–Crippen MR) is 106 cm³/mol. The standard InChI is InChI=1S/C18H31N3O3S2/c1-6-8-10-21-14(4)13(3)19-18(21)25-15(5)17(22)20(7-2)16-9-11-26(23,24)12-16/h15-16H,6-12H2,1-5H3. The zero-order chi connectivity index (χ0) is 19.5. The van der Waals surface area contributed by atoms with Crippen molar-refractivity contribution in [2.45, 2.75) is 76.9 Å². The van der Waals surface area contributed by atoms with Crippen molar-refractivity contribution in [1.82, 2.24) is 14.5 Å². The van der Waals surface area contributed by atoms with Gasteiger partial charge in [-0.25, -0.2) is 13.4 Å². The maximum atomic E-state index is 13.0. The first-order chi connectivity index (χ1) is 12.2. The zero-order valence-electron chi connectivity index (χ0n) is 16.5. The largest absolute Gasteiger partial charge is 0.338 e. The fourth-order valence-electron chi connectivity index (χ4n) is 3.35. The van der Waals surface area contributed by atoms with Gasteiger partial charge in [-0.05, 0) is 40.5 Å². The Bertz CT molecular complexity index is 743. The van der Waals surface area contributed by atoms with Gasteiger partial charge in [0, 0.05) is 24.8 Å². The minimum Gasteiger partial charge on any atom is -0.338 e. The van der Waals surface area contributed by atoms with Crippen molar-refractivity contribution < 1.29 is 13.2 Å². The molecule has 2 rings (SSSR count). The SMILES string of the molecule is CCCCn1c(SC(C)C(=O)N(CC)C2CCS(=O)(=O)C2)nc(C)c1C. The van der Waals surface area contributed by atoms with Gasteiger partial charge in [0.1, 0.15) is 0 Å². The minimum absolute atomic E-state index is 0.0000485. The van der Waals surface area contributed by atoms with E-state index >= 15 is 0 Å². The molecule has 1 aliphatic rings. The van der Waals surface area contributed by atoms with Crippen LogP contribution in [-0.2, 0) is 21.2 Å². The fourth-order valence-corrected chi connectivity index (χ4v) is 6.18. The van der Waals surface area contributed by atoms with Crippen LogP contribution in [0.1, 0.15) is 51.4 Å². The summed E-state index contributed by atoms with van der Waals surface area (Å²) in [5, 5.41) is 0.587. The second-order valence-corrected chi connectivity index (χ2v) is 10.5. The average Bonchev–Trinajstić information content (AvgIpc) is 3.06. The Hall–Kier alpha value is -1.02. The third-order valence-corrected chi connectivity index (χ3v) is 7.89. The van der Waals surface area contributed by atoms with Crippen LogP contribution in [0.2, 0.25) is 0 Å². The predicted octanol–water partition coefficient (Wildman–Crippen LogP) is 2.82. The van der Waals surface area contributed by atoms with E-state index in [2.05, 4.69) is 23.4 Å². The third-order valence-electron chi connectivity index (χ3n) is 5.06. The maximum Gasteiger partial charge on any atom is 0.236 e. The van der Waals surface area contributed by atoms with Crippen molar-refractivity contribution in [2.75, 3.05) is 18.1 Å². The van der Waals surface area contributed by atoms with Gasteiger partial charge in [0.05, 0.1) is 22.4 Å². The molecule has 1 amide bonds. The normalized spacial score (nSPS) is 20.3. The van der Waals surface area contributed by atoms with Crippen LogP contribution in [0, 0.1) is 13.8 Å². The topological polar surface area (TPSA) is 72.3 Å². The second-order valence-electron chi connectivity index (χ2n) is 7.01. The second kappa shape index (κ2) is 8.78. The van der Waals surface area contributed by atoms with Gasteiger partial charge in [0.2, 0.25) is 5.91 Å². The number of rotatable bonds is 8. The number of sulfone groups is 1.